The fraction of sp³-hybridized carbons (Fsp3) is 0.229. The molecule has 9 heteroatoms. The Hall–Kier alpha value is -4.76. The molecule has 0 unspecified atom stereocenters. The molecule has 44 heavy (non-hydrogen) atoms. The maximum Gasteiger partial charge on any atom is 0.251 e. The highest BCUT2D eigenvalue weighted by molar-refractivity contribution is 7.80. The highest BCUT2D eigenvalue weighted by Crippen LogP contribution is 2.30. The van der Waals surface area contributed by atoms with Crippen LogP contribution in [0, 0.1) is 6.92 Å². The second-order valence-electron chi connectivity index (χ2n) is 11.0. The summed E-state index contributed by atoms with van der Waals surface area (Å²) in [6.07, 6.45) is 2.56. The van der Waals surface area contributed by atoms with Crippen molar-refractivity contribution in [1.82, 2.24) is 35.5 Å². The number of hydrogen-bond donors (Lipinski definition) is 3. The van der Waals surface area contributed by atoms with Crippen molar-refractivity contribution in [3.8, 4) is 22.5 Å². The van der Waals surface area contributed by atoms with E-state index in [9.17, 15) is 4.79 Å². The van der Waals surface area contributed by atoms with Crippen molar-refractivity contribution in [2.24, 2.45) is 0 Å². The Labute approximate surface area is 262 Å². The molecule has 222 valence electrons. The molecule has 6 aromatic rings. The highest BCUT2D eigenvalue weighted by atomic mass is 32.1. The van der Waals surface area contributed by atoms with Crippen molar-refractivity contribution in [3.63, 3.8) is 0 Å². The molecule has 0 fully saturated rings. The molecule has 4 aromatic carbocycles. The molecule has 0 saturated carbocycles. The molecule has 0 radical (unpaired) electrons. The number of benzene rings is 4. The van der Waals surface area contributed by atoms with Crippen molar-refractivity contribution in [1.29, 1.82) is 0 Å². The van der Waals surface area contributed by atoms with Gasteiger partial charge in [-0.25, -0.2) is 4.98 Å². The summed E-state index contributed by atoms with van der Waals surface area (Å²) in [4.78, 5) is 18.5. The molecule has 6 rings (SSSR count). The Balaban J connectivity index is 1.28. The minimum Gasteiger partial charge on any atom is -0.348 e. The summed E-state index contributed by atoms with van der Waals surface area (Å²) in [5, 5.41) is 17.8. The Morgan fingerprint density at radius 1 is 0.955 bits per heavy atom. The van der Waals surface area contributed by atoms with Gasteiger partial charge in [-0.05, 0) is 64.9 Å². The molecular weight excluding hydrogens is 567 g/mol. The number of amides is 1. The number of aromatic amines is 1. The zero-order chi connectivity index (χ0) is 30.5. The molecule has 0 aliphatic carbocycles. The van der Waals surface area contributed by atoms with Crippen LogP contribution >= 0.6 is 12.6 Å². The van der Waals surface area contributed by atoms with Crippen molar-refractivity contribution >= 4 is 29.6 Å². The van der Waals surface area contributed by atoms with Crippen LogP contribution in [0.2, 0.25) is 0 Å². The first-order valence-electron chi connectivity index (χ1n) is 14.9. The van der Waals surface area contributed by atoms with Crippen LogP contribution in [-0.2, 0) is 19.4 Å². The molecular formula is C35H35N7OS. The van der Waals surface area contributed by atoms with E-state index >= 15 is 0 Å². The molecule has 2 aromatic heterocycles. The van der Waals surface area contributed by atoms with Gasteiger partial charge in [0, 0.05) is 35.9 Å². The van der Waals surface area contributed by atoms with Gasteiger partial charge < -0.3 is 9.88 Å². The predicted octanol–water partition coefficient (Wildman–Crippen LogP) is 6.46. The van der Waals surface area contributed by atoms with Gasteiger partial charge in [0.15, 0.2) is 0 Å². The number of hydrogen-bond acceptors (Lipinski definition) is 6. The van der Waals surface area contributed by atoms with Crippen LogP contribution in [0.1, 0.15) is 46.2 Å². The third-order valence-electron chi connectivity index (χ3n) is 7.86. The number of carbonyl (C=O) groups excluding carboxylic acids is 1. The van der Waals surface area contributed by atoms with Crippen LogP contribution in [-0.4, -0.2) is 47.9 Å². The molecule has 2 N–H and O–H groups in total. The lowest BCUT2D eigenvalue weighted by molar-refractivity contribution is 0.0941. The standard InChI is InChI=1S/C35H35N7OS/c1-3-9-32-37-33-23(2)18-27(35(43)36-28(22-44)19-24-10-5-4-6-11-24)20-31(33)42(32)21-25-14-16-26(17-15-25)29-12-7-8-13-30(29)34-38-40-41-39-34/h4-8,10-18,20,28,44H,3,9,19,21-22H2,1-2H3,(H,36,43)(H,38,39,40,41)/t28-/m1/s1. The van der Waals surface area contributed by atoms with E-state index in [1.54, 1.807) is 0 Å². The second-order valence-corrected chi connectivity index (χ2v) is 11.4. The number of imidazole rings is 1. The second kappa shape index (κ2) is 13.3. The van der Waals surface area contributed by atoms with Gasteiger partial charge in [-0.15, -0.1) is 10.2 Å². The summed E-state index contributed by atoms with van der Waals surface area (Å²) >= 11 is 4.52. The van der Waals surface area contributed by atoms with E-state index in [0.29, 0.717) is 23.7 Å². The smallest absolute Gasteiger partial charge is 0.251 e. The number of H-pyrrole nitrogens is 1. The van der Waals surface area contributed by atoms with Crippen molar-refractivity contribution in [2.75, 3.05) is 5.75 Å². The first-order valence-corrected chi connectivity index (χ1v) is 15.5. The maximum atomic E-state index is 13.5. The van der Waals surface area contributed by atoms with E-state index < -0.39 is 0 Å². The summed E-state index contributed by atoms with van der Waals surface area (Å²) < 4.78 is 2.25. The topological polar surface area (TPSA) is 101 Å². The Morgan fingerprint density at radius 3 is 2.41 bits per heavy atom. The lowest BCUT2D eigenvalue weighted by Gasteiger charge is -2.17. The minimum absolute atomic E-state index is 0.0754. The van der Waals surface area contributed by atoms with E-state index in [2.05, 4.69) is 92.5 Å². The van der Waals surface area contributed by atoms with E-state index in [4.69, 9.17) is 4.98 Å². The van der Waals surface area contributed by atoms with Gasteiger partial charge in [0.05, 0.1) is 11.0 Å². The van der Waals surface area contributed by atoms with Crippen LogP contribution in [0.3, 0.4) is 0 Å². The Bertz CT molecular complexity index is 1870. The zero-order valence-electron chi connectivity index (χ0n) is 24.9. The van der Waals surface area contributed by atoms with E-state index in [0.717, 1.165) is 63.9 Å². The van der Waals surface area contributed by atoms with Crippen LogP contribution in [0.25, 0.3) is 33.5 Å². The summed E-state index contributed by atoms with van der Waals surface area (Å²) in [7, 11) is 0. The molecule has 0 aliphatic rings. The number of nitrogens with one attached hydrogen (secondary N) is 2. The number of fused-ring (bicyclic) bond motifs is 1. The predicted molar refractivity (Wildman–Crippen MR) is 178 cm³/mol. The number of rotatable bonds is 11. The molecule has 0 saturated heterocycles. The number of nitrogens with zero attached hydrogens (tertiary/aromatic N) is 5. The average molecular weight is 602 g/mol. The number of aryl methyl sites for hydroxylation is 2. The van der Waals surface area contributed by atoms with Crippen molar-refractivity contribution in [3.05, 3.63) is 119 Å². The number of carbonyl (C=O) groups is 1. The summed E-state index contributed by atoms with van der Waals surface area (Å²) in [5.41, 5.74) is 8.88. The molecule has 8 nitrogen and oxygen atoms in total. The van der Waals surface area contributed by atoms with Gasteiger partial charge >= 0.3 is 0 Å². The van der Waals surface area contributed by atoms with Gasteiger partial charge in [0.25, 0.3) is 5.91 Å². The Morgan fingerprint density at radius 2 is 1.70 bits per heavy atom. The van der Waals surface area contributed by atoms with E-state index in [1.807, 2.05) is 55.5 Å². The number of tetrazole rings is 1. The van der Waals surface area contributed by atoms with Gasteiger partial charge in [-0.2, -0.15) is 17.8 Å². The van der Waals surface area contributed by atoms with Crippen molar-refractivity contribution < 1.29 is 4.79 Å². The first kappa shape index (κ1) is 29.3. The summed E-state index contributed by atoms with van der Waals surface area (Å²) in [6, 6.07) is 30.6. The fourth-order valence-electron chi connectivity index (χ4n) is 5.67. The fourth-order valence-corrected chi connectivity index (χ4v) is 5.89. The molecule has 2 heterocycles. The minimum atomic E-state index is -0.0978. The highest BCUT2D eigenvalue weighted by Gasteiger charge is 2.19. The number of thiol groups is 1. The van der Waals surface area contributed by atoms with E-state index in [-0.39, 0.29) is 11.9 Å². The molecule has 1 amide bonds. The van der Waals surface area contributed by atoms with Crippen LogP contribution in [0.4, 0.5) is 0 Å². The van der Waals surface area contributed by atoms with Gasteiger partial charge in [-0.1, -0.05) is 85.8 Å². The lowest BCUT2D eigenvalue weighted by atomic mass is 9.98. The maximum absolute atomic E-state index is 13.5. The SMILES string of the molecule is CCCc1nc2c(C)cc(C(=O)N[C@@H](CS)Cc3ccccc3)cc2n1Cc1ccc(-c2ccccc2-c2nn[nH]n2)cc1. The third kappa shape index (κ3) is 6.28. The van der Waals surface area contributed by atoms with Crippen molar-refractivity contribution in [2.45, 2.75) is 45.7 Å². The van der Waals surface area contributed by atoms with Crippen LogP contribution < -0.4 is 5.32 Å². The van der Waals surface area contributed by atoms with Gasteiger partial charge in [0.2, 0.25) is 5.82 Å². The molecule has 1 atom stereocenters. The summed E-state index contributed by atoms with van der Waals surface area (Å²) in [5.74, 6) is 2.04. The lowest BCUT2D eigenvalue weighted by Crippen LogP contribution is -2.37. The number of aromatic nitrogens is 6. The largest absolute Gasteiger partial charge is 0.348 e. The van der Waals surface area contributed by atoms with Gasteiger partial charge in [0.1, 0.15) is 5.82 Å². The molecule has 0 aliphatic heterocycles. The van der Waals surface area contributed by atoms with Crippen LogP contribution in [0.15, 0.2) is 91.0 Å². The van der Waals surface area contributed by atoms with E-state index in [1.165, 1.54) is 5.56 Å². The monoisotopic (exact) mass is 601 g/mol. The van der Waals surface area contributed by atoms with Crippen LogP contribution in [0.5, 0.6) is 0 Å². The zero-order valence-corrected chi connectivity index (χ0v) is 25.8. The van der Waals surface area contributed by atoms with Gasteiger partial charge in [-0.3, -0.25) is 4.79 Å². The third-order valence-corrected chi connectivity index (χ3v) is 8.30. The molecule has 0 bridgehead atoms. The summed E-state index contributed by atoms with van der Waals surface area (Å²) in [6.45, 7) is 4.84. The Kier molecular flexibility index (Phi) is 8.84. The molecule has 0 spiro atoms. The normalized spacial score (nSPS) is 12.0. The quantitative estimate of drug-likeness (QED) is 0.148. The first-order chi connectivity index (χ1) is 21.5. The average Bonchev–Trinajstić information content (AvgIpc) is 3.71.